The zero-order valence-electron chi connectivity index (χ0n) is 29.0. The molecule has 51 heavy (non-hydrogen) atoms. The van der Waals surface area contributed by atoms with Crippen LogP contribution in [0.25, 0.3) is 11.1 Å². The highest BCUT2D eigenvalue weighted by molar-refractivity contribution is 5.78. The van der Waals surface area contributed by atoms with E-state index in [0.29, 0.717) is 13.0 Å². The van der Waals surface area contributed by atoms with Crippen LogP contribution in [0.3, 0.4) is 0 Å². The summed E-state index contributed by atoms with van der Waals surface area (Å²) < 4.78 is 13.3. The molecule has 10 nitrogen and oxygen atoms in total. The maximum absolute atomic E-state index is 12.2. The quantitative estimate of drug-likeness (QED) is 0.101. The Balaban J connectivity index is 1.08. The van der Waals surface area contributed by atoms with Gasteiger partial charge in [0, 0.05) is 70.6 Å². The molecule has 0 spiro atoms. The van der Waals surface area contributed by atoms with Crippen LogP contribution in [0.5, 0.6) is 0 Å². The highest BCUT2D eigenvalue weighted by Gasteiger charge is 2.34. The number of nitrogens with zero attached hydrogens (tertiary/aromatic N) is 2. The van der Waals surface area contributed by atoms with Crippen molar-refractivity contribution in [1.82, 2.24) is 20.6 Å². The SMILES string of the molecule is O=C(CCCC(=O)NCc1cccc(-c2ccc([C@H]3O[C@@H](CN4CCN(Cc5ccccc5)CC4)C[C@@H](c4ccc(CO)cc4)O3)cc2)c1)NO. The smallest absolute Gasteiger partial charge is 0.243 e. The van der Waals surface area contributed by atoms with Gasteiger partial charge in [-0.3, -0.25) is 24.6 Å². The Labute approximate surface area is 300 Å². The Bertz CT molecular complexity index is 1690. The molecular formula is C41H48N4O6. The van der Waals surface area contributed by atoms with Gasteiger partial charge < -0.3 is 19.9 Å². The molecule has 0 aromatic heterocycles. The highest BCUT2D eigenvalue weighted by atomic mass is 16.7. The summed E-state index contributed by atoms with van der Waals surface area (Å²) in [6.07, 6.45) is 0.745. The van der Waals surface area contributed by atoms with Crippen LogP contribution < -0.4 is 10.8 Å². The summed E-state index contributed by atoms with van der Waals surface area (Å²) >= 11 is 0. The van der Waals surface area contributed by atoms with E-state index in [-0.39, 0.29) is 37.6 Å². The lowest BCUT2D eigenvalue weighted by molar-refractivity contribution is -0.253. The monoisotopic (exact) mass is 692 g/mol. The van der Waals surface area contributed by atoms with Gasteiger partial charge in [0.25, 0.3) is 0 Å². The van der Waals surface area contributed by atoms with Crippen LogP contribution in [0.2, 0.25) is 0 Å². The Morgan fingerprint density at radius 3 is 2.12 bits per heavy atom. The van der Waals surface area contributed by atoms with Crippen LogP contribution in [-0.2, 0) is 38.8 Å². The van der Waals surface area contributed by atoms with Crippen molar-refractivity contribution in [2.24, 2.45) is 0 Å². The number of piperazine rings is 1. The average Bonchev–Trinajstić information content (AvgIpc) is 3.18. The van der Waals surface area contributed by atoms with E-state index in [2.05, 4.69) is 75.8 Å². The number of hydroxylamine groups is 1. The second kappa shape index (κ2) is 18.2. The van der Waals surface area contributed by atoms with Gasteiger partial charge in [-0.25, -0.2) is 5.48 Å². The van der Waals surface area contributed by atoms with Gasteiger partial charge >= 0.3 is 0 Å². The summed E-state index contributed by atoms with van der Waals surface area (Å²) in [7, 11) is 0. The summed E-state index contributed by atoms with van der Waals surface area (Å²) in [5, 5.41) is 21.1. The van der Waals surface area contributed by atoms with Crippen LogP contribution in [0.1, 0.15) is 65.9 Å². The minimum atomic E-state index is -0.523. The van der Waals surface area contributed by atoms with E-state index in [4.69, 9.17) is 14.7 Å². The molecule has 0 unspecified atom stereocenters. The average molecular weight is 693 g/mol. The lowest BCUT2D eigenvalue weighted by atomic mass is 9.98. The van der Waals surface area contributed by atoms with Crippen LogP contribution in [0.4, 0.5) is 0 Å². The standard InChI is InChI=1S/C41H48N4O6/c46-29-31-12-14-34(15-13-31)38-25-37(28-45-22-20-44(21-23-45)27-30-6-2-1-3-7-30)50-41(51-38)35-18-16-33(17-19-35)36-9-4-8-32(24-36)26-42-39(47)10-5-11-40(48)43-49/h1-4,6-9,12-19,24,37-38,41,46,49H,5,10-11,20-23,25-29H2,(H,42,47)(H,43,48)/t37-,38+,41+/m1/s1. The molecule has 2 aliphatic heterocycles. The van der Waals surface area contributed by atoms with Crippen molar-refractivity contribution in [3.63, 3.8) is 0 Å². The van der Waals surface area contributed by atoms with Gasteiger partial charge in [-0.15, -0.1) is 0 Å². The number of benzene rings is 4. The van der Waals surface area contributed by atoms with E-state index >= 15 is 0 Å². The van der Waals surface area contributed by atoms with Crippen molar-refractivity contribution in [2.45, 2.75) is 63.9 Å². The third kappa shape index (κ3) is 10.6. The third-order valence-electron chi connectivity index (χ3n) is 9.66. The number of hydrogen-bond acceptors (Lipinski definition) is 8. The van der Waals surface area contributed by atoms with E-state index in [1.807, 2.05) is 42.5 Å². The molecule has 2 aliphatic rings. The van der Waals surface area contributed by atoms with Gasteiger partial charge in [-0.05, 0) is 45.9 Å². The predicted molar refractivity (Wildman–Crippen MR) is 194 cm³/mol. The summed E-state index contributed by atoms with van der Waals surface area (Å²) in [4.78, 5) is 28.4. The minimum absolute atomic E-state index is 0.00764. The molecule has 4 N–H and O–H groups in total. The topological polar surface area (TPSA) is 124 Å². The van der Waals surface area contributed by atoms with Crippen molar-refractivity contribution in [1.29, 1.82) is 0 Å². The second-order valence-electron chi connectivity index (χ2n) is 13.4. The zero-order chi connectivity index (χ0) is 35.4. The van der Waals surface area contributed by atoms with Crippen molar-refractivity contribution in [3.8, 4) is 11.1 Å². The largest absolute Gasteiger partial charge is 0.392 e. The molecule has 0 bridgehead atoms. The first kappa shape index (κ1) is 36.4. The maximum Gasteiger partial charge on any atom is 0.243 e. The van der Waals surface area contributed by atoms with E-state index in [0.717, 1.165) is 79.1 Å². The Morgan fingerprint density at radius 2 is 1.39 bits per heavy atom. The van der Waals surface area contributed by atoms with Crippen molar-refractivity contribution in [2.75, 3.05) is 32.7 Å². The first-order valence-corrected chi connectivity index (χ1v) is 17.8. The van der Waals surface area contributed by atoms with Crippen LogP contribution in [0.15, 0.2) is 103 Å². The molecule has 4 aromatic carbocycles. The number of hydrogen-bond donors (Lipinski definition) is 4. The molecule has 2 fully saturated rings. The summed E-state index contributed by atoms with van der Waals surface area (Å²) in [6, 6.07) is 35.0. The normalized spacial score (nSPS) is 19.8. The molecule has 2 amide bonds. The van der Waals surface area contributed by atoms with Crippen molar-refractivity contribution in [3.05, 3.63) is 131 Å². The third-order valence-corrected chi connectivity index (χ3v) is 9.66. The summed E-state index contributed by atoms with van der Waals surface area (Å²) in [5.41, 5.74) is 8.87. The fourth-order valence-electron chi connectivity index (χ4n) is 6.74. The first-order chi connectivity index (χ1) is 24.9. The predicted octanol–water partition coefficient (Wildman–Crippen LogP) is 5.50. The van der Waals surface area contributed by atoms with Gasteiger partial charge in [0.05, 0.1) is 18.8 Å². The molecule has 4 aromatic rings. The number of aliphatic hydroxyl groups excluding tert-OH is 1. The van der Waals surface area contributed by atoms with Gasteiger partial charge in [0.1, 0.15) is 0 Å². The maximum atomic E-state index is 12.2. The van der Waals surface area contributed by atoms with Crippen LogP contribution in [-0.4, -0.2) is 70.8 Å². The molecular weight excluding hydrogens is 644 g/mol. The fraction of sp³-hybridized carbons (Fsp3) is 0.366. The molecule has 268 valence electrons. The fourth-order valence-corrected chi connectivity index (χ4v) is 6.74. The van der Waals surface area contributed by atoms with E-state index in [1.165, 1.54) is 5.56 Å². The number of carbonyl (C=O) groups excluding carboxylic acids is 2. The molecule has 6 rings (SSSR count). The number of carbonyl (C=O) groups is 2. The van der Waals surface area contributed by atoms with Crippen molar-refractivity contribution >= 4 is 11.8 Å². The van der Waals surface area contributed by atoms with Gasteiger partial charge in [0.15, 0.2) is 6.29 Å². The number of amides is 2. The van der Waals surface area contributed by atoms with Crippen LogP contribution in [0, 0.1) is 0 Å². The highest BCUT2D eigenvalue weighted by Crippen LogP contribution is 2.39. The van der Waals surface area contributed by atoms with E-state index in [9.17, 15) is 14.7 Å². The molecule has 3 atom stereocenters. The summed E-state index contributed by atoms with van der Waals surface area (Å²) in [6.45, 7) is 6.23. The lowest BCUT2D eigenvalue weighted by Crippen LogP contribution is -2.49. The van der Waals surface area contributed by atoms with Gasteiger partial charge in [0.2, 0.25) is 11.8 Å². The van der Waals surface area contributed by atoms with Crippen molar-refractivity contribution < 1.29 is 29.4 Å². The Morgan fingerprint density at radius 1 is 0.706 bits per heavy atom. The molecule has 2 heterocycles. The molecule has 2 saturated heterocycles. The van der Waals surface area contributed by atoms with Crippen LogP contribution >= 0.6 is 0 Å². The zero-order valence-corrected chi connectivity index (χ0v) is 29.0. The number of rotatable bonds is 14. The molecule has 0 aliphatic carbocycles. The van der Waals surface area contributed by atoms with Gasteiger partial charge in [-0.1, -0.05) is 97.1 Å². The number of nitrogens with one attached hydrogen (secondary N) is 2. The molecule has 0 saturated carbocycles. The molecule has 0 radical (unpaired) electrons. The summed E-state index contributed by atoms with van der Waals surface area (Å²) in [5.74, 6) is -0.644. The van der Waals surface area contributed by atoms with E-state index < -0.39 is 12.2 Å². The Kier molecular flexibility index (Phi) is 13.0. The Hall–Kier alpha value is -4.42. The number of aliphatic hydroxyl groups is 1. The molecule has 10 heteroatoms. The minimum Gasteiger partial charge on any atom is -0.392 e. The first-order valence-electron chi connectivity index (χ1n) is 17.8. The second-order valence-corrected chi connectivity index (χ2v) is 13.4. The van der Waals surface area contributed by atoms with E-state index in [1.54, 1.807) is 5.48 Å². The lowest BCUT2D eigenvalue weighted by Gasteiger charge is -2.40. The number of ether oxygens (including phenoxy) is 2. The van der Waals surface area contributed by atoms with Gasteiger partial charge in [-0.2, -0.15) is 0 Å².